The van der Waals surface area contributed by atoms with Gasteiger partial charge in [0.1, 0.15) is 16.2 Å². The quantitative estimate of drug-likeness (QED) is 0.881. The fourth-order valence-electron chi connectivity index (χ4n) is 1.56. The Labute approximate surface area is 112 Å². The van der Waals surface area contributed by atoms with Crippen LogP contribution in [-0.4, -0.2) is 15.0 Å². The molecule has 0 aliphatic heterocycles. The summed E-state index contributed by atoms with van der Waals surface area (Å²) < 4.78 is 0.843. The van der Waals surface area contributed by atoms with Gasteiger partial charge in [-0.05, 0) is 28.8 Å². The first-order valence-corrected chi connectivity index (χ1v) is 7.20. The molecule has 2 aromatic rings. The van der Waals surface area contributed by atoms with E-state index in [1.807, 2.05) is 17.0 Å². The van der Waals surface area contributed by atoms with Crippen LogP contribution in [0.5, 0.6) is 0 Å². The monoisotopic (exact) mass is 310 g/mol. The largest absolute Gasteiger partial charge is 0.364 e. The van der Waals surface area contributed by atoms with Crippen LogP contribution in [0.1, 0.15) is 30.3 Å². The molecule has 6 heteroatoms. The van der Waals surface area contributed by atoms with Crippen molar-refractivity contribution in [2.45, 2.75) is 25.3 Å². The lowest BCUT2D eigenvalue weighted by Crippen LogP contribution is -2.04. The summed E-state index contributed by atoms with van der Waals surface area (Å²) in [6.07, 6.45) is 2.42. The molecule has 0 spiro atoms. The number of thiazole rings is 1. The van der Waals surface area contributed by atoms with Crippen LogP contribution >= 0.6 is 27.3 Å². The molecule has 0 amide bonds. The molecular formula is C11H11BrN4S. The molecule has 88 valence electrons. The van der Waals surface area contributed by atoms with Crippen molar-refractivity contribution >= 4 is 33.1 Å². The van der Waals surface area contributed by atoms with Gasteiger partial charge in [0.2, 0.25) is 0 Å². The Morgan fingerprint density at radius 2 is 2.29 bits per heavy atom. The van der Waals surface area contributed by atoms with Crippen molar-refractivity contribution in [3.8, 4) is 0 Å². The topological polar surface area (TPSA) is 50.7 Å². The fraction of sp³-hybridized carbons (Fsp3) is 0.364. The number of rotatable bonds is 4. The number of aromatic nitrogens is 3. The van der Waals surface area contributed by atoms with Crippen LogP contribution in [0.3, 0.4) is 0 Å². The smallest absolute Gasteiger partial charge is 0.135 e. The van der Waals surface area contributed by atoms with Crippen molar-refractivity contribution in [2.24, 2.45) is 0 Å². The normalized spacial score (nSPS) is 14.9. The molecule has 0 bridgehead atoms. The molecule has 0 aromatic carbocycles. The third-order valence-electron chi connectivity index (χ3n) is 2.59. The summed E-state index contributed by atoms with van der Waals surface area (Å²) in [5, 5.41) is 5.31. The predicted octanol–water partition coefficient (Wildman–Crippen LogP) is 3.19. The zero-order valence-corrected chi connectivity index (χ0v) is 11.5. The summed E-state index contributed by atoms with van der Waals surface area (Å²) in [5.74, 6) is 2.37. The molecule has 17 heavy (non-hydrogen) atoms. The number of hydrogen-bond donors (Lipinski definition) is 1. The Bertz CT molecular complexity index is 510. The molecule has 1 N–H and O–H groups in total. The highest BCUT2D eigenvalue weighted by atomic mass is 79.9. The fourth-order valence-corrected chi connectivity index (χ4v) is 2.51. The van der Waals surface area contributed by atoms with Gasteiger partial charge in [0.15, 0.2) is 0 Å². The van der Waals surface area contributed by atoms with Gasteiger partial charge in [0.05, 0.1) is 17.7 Å². The van der Waals surface area contributed by atoms with Crippen LogP contribution in [0.2, 0.25) is 0 Å². The zero-order valence-electron chi connectivity index (χ0n) is 9.06. The Balaban J connectivity index is 1.73. The third kappa shape index (κ3) is 2.81. The molecule has 0 atom stereocenters. The van der Waals surface area contributed by atoms with E-state index in [0.717, 1.165) is 21.9 Å². The van der Waals surface area contributed by atoms with Crippen LogP contribution < -0.4 is 5.32 Å². The van der Waals surface area contributed by atoms with Gasteiger partial charge in [-0.25, -0.2) is 15.0 Å². The first-order valence-electron chi connectivity index (χ1n) is 5.46. The molecular weight excluding hydrogens is 300 g/mol. The number of hydrogen-bond acceptors (Lipinski definition) is 5. The Hall–Kier alpha value is -1.01. The Kier molecular flexibility index (Phi) is 3.07. The summed E-state index contributed by atoms with van der Waals surface area (Å²) >= 11 is 5.03. The zero-order chi connectivity index (χ0) is 11.7. The Morgan fingerprint density at radius 1 is 1.41 bits per heavy atom. The van der Waals surface area contributed by atoms with Crippen LogP contribution in [0.25, 0.3) is 0 Å². The molecule has 0 radical (unpaired) electrons. The van der Waals surface area contributed by atoms with Gasteiger partial charge < -0.3 is 5.32 Å². The maximum Gasteiger partial charge on any atom is 0.135 e. The maximum absolute atomic E-state index is 4.52. The van der Waals surface area contributed by atoms with Crippen LogP contribution in [0, 0.1) is 0 Å². The summed E-state index contributed by atoms with van der Waals surface area (Å²) in [7, 11) is 0. The van der Waals surface area contributed by atoms with E-state index < -0.39 is 0 Å². The van der Waals surface area contributed by atoms with Crippen molar-refractivity contribution in [1.82, 2.24) is 15.0 Å². The molecule has 4 nitrogen and oxygen atoms in total. The number of halogens is 1. The standard InChI is InChI=1S/C11H11BrN4S/c12-9-3-10(13-4-8-5-17-6-14-8)16-11(15-9)7-1-2-7/h3,5-7H,1-2,4H2,(H,13,15,16). The number of nitrogens with one attached hydrogen (secondary N) is 1. The van der Waals surface area contributed by atoms with Crippen LogP contribution in [0.4, 0.5) is 5.82 Å². The van der Waals surface area contributed by atoms with Crippen LogP contribution in [0.15, 0.2) is 21.6 Å². The summed E-state index contributed by atoms with van der Waals surface area (Å²) in [5.41, 5.74) is 2.88. The van der Waals surface area contributed by atoms with Gasteiger partial charge in [-0.1, -0.05) is 0 Å². The van der Waals surface area contributed by atoms with E-state index in [9.17, 15) is 0 Å². The average molecular weight is 311 g/mol. The molecule has 0 unspecified atom stereocenters. The molecule has 2 aromatic heterocycles. The average Bonchev–Trinajstić information content (AvgIpc) is 3.04. The highest BCUT2D eigenvalue weighted by Crippen LogP contribution is 2.38. The first-order chi connectivity index (χ1) is 8.31. The second-order valence-electron chi connectivity index (χ2n) is 4.04. The number of anilines is 1. The molecule has 3 rings (SSSR count). The second-order valence-corrected chi connectivity index (χ2v) is 5.57. The van der Waals surface area contributed by atoms with Gasteiger partial charge in [-0.15, -0.1) is 11.3 Å². The van der Waals surface area contributed by atoms with Gasteiger partial charge in [-0.2, -0.15) is 0 Å². The van der Waals surface area contributed by atoms with Crippen molar-refractivity contribution in [3.05, 3.63) is 33.1 Å². The van der Waals surface area contributed by atoms with E-state index in [1.54, 1.807) is 11.3 Å². The molecule has 1 aliphatic rings. The van der Waals surface area contributed by atoms with E-state index in [2.05, 4.69) is 36.2 Å². The molecule has 1 fully saturated rings. The molecule has 0 saturated heterocycles. The molecule has 1 aliphatic carbocycles. The number of nitrogens with zero attached hydrogens (tertiary/aromatic N) is 3. The summed E-state index contributed by atoms with van der Waals surface area (Å²) in [6.45, 7) is 0.705. The predicted molar refractivity (Wildman–Crippen MR) is 71.1 cm³/mol. The van der Waals surface area contributed by atoms with Crippen molar-refractivity contribution in [3.63, 3.8) is 0 Å². The third-order valence-corrected chi connectivity index (χ3v) is 3.63. The summed E-state index contributed by atoms with van der Waals surface area (Å²) in [6, 6.07) is 1.90. The highest BCUT2D eigenvalue weighted by molar-refractivity contribution is 9.10. The van der Waals surface area contributed by atoms with Crippen molar-refractivity contribution in [1.29, 1.82) is 0 Å². The van der Waals surface area contributed by atoms with Gasteiger partial charge in [0.25, 0.3) is 0 Å². The lowest BCUT2D eigenvalue weighted by atomic mass is 10.4. The van der Waals surface area contributed by atoms with E-state index >= 15 is 0 Å². The SMILES string of the molecule is Brc1cc(NCc2cscn2)nc(C2CC2)n1. The lowest BCUT2D eigenvalue weighted by Gasteiger charge is -2.06. The van der Waals surface area contributed by atoms with E-state index in [0.29, 0.717) is 12.5 Å². The second kappa shape index (κ2) is 4.70. The minimum absolute atomic E-state index is 0.562. The van der Waals surface area contributed by atoms with Crippen molar-refractivity contribution < 1.29 is 0 Å². The van der Waals surface area contributed by atoms with Gasteiger partial charge in [-0.3, -0.25) is 0 Å². The maximum atomic E-state index is 4.52. The lowest BCUT2D eigenvalue weighted by molar-refractivity contribution is 0.908. The van der Waals surface area contributed by atoms with E-state index in [4.69, 9.17) is 0 Å². The summed E-state index contributed by atoms with van der Waals surface area (Å²) in [4.78, 5) is 13.1. The minimum atomic E-state index is 0.562. The first kappa shape index (κ1) is 11.1. The van der Waals surface area contributed by atoms with Gasteiger partial charge in [0, 0.05) is 17.4 Å². The minimum Gasteiger partial charge on any atom is -0.364 e. The van der Waals surface area contributed by atoms with E-state index in [-0.39, 0.29) is 0 Å². The van der Waals surface area contributed by atoms with Gasteiger partial charge >= 0.3 is 0 Å². The highest BCUT2D eigenvalue weighted by Gasteiger charge is 2.27. The molecule has 1 saturated carbocycles. The van der Waals surface area contributed by atoms with Crippen molar-refractivity contribution in [2.75, 3.05) is 5.32 Å². The van der Waals surface area contributed by atoms with Crippen LogP contribution in [-0.2, 0) is 6.54 Å². The molecule has 2 heterocycles. The Morgan fingerprint density at radius 3 is 3.00 bits per heavy atom. The van der Waals surface area contributed by atoms with E-state index in [1.165, 1.54) is 12.8 Å².